The van der Waals surface area contributed by atoms with Crippen LogP contribution in [0.15, 0.2) is 0 Å². The third kappa shape index (κ3) is 3.64. The molecule has 0 aromatic carbocycles. The van der Waals surface area contributed by atoms with Gasteiger partial charge in [0.05, 0.1) is 0 Å². The van der Waals surface area contributed by atoms with Crippen LogP contribution in [0.2, 0.25) is 0 Å². The summed E-state index contributed by atoms with van der Waals surface area (Å²) >= 11 is 0. The van der Waals surface area contributed by atoms with E-state index in [4.69, 9.17) is 15.6 Å². The van der Waals surface area contributed by atoms with Gasteiger partial charge < -0.3 is 15.6 Å². The number of carboxylic acid groups (broad SMARTS) is 1. The van der Waals surface area contributed by atoms with Crippen molar-refractivity contribution >= 4 is 12.1 Å². The molecular formula is C25H41NO4. The van der Waals surface area contributed by atoms with E-state index in [9.17, 15) is 9.59 Å². The second kappa shape index (κ2) is 8.02. The van der Waals surface area contributed by atoms with Crippen LogP contribution in [0.25, 0.3) is 0 Å². The van der Waals surface area contributed by atoms with Crippen molar-refractivity contribution in [2.45, 2.75) is 97.5 Å². The molecule has 4 fully saturated rings. The summed E-state index contributed by atoms with van der Waals surface area (Å²) in [6, 6.07) is 0. The third-order valence-electron chi connectivity index (χ3n) is 10.5. The van der Waals surface area contributed by atoms with Crippen LogP contribution in [0.4, 0.5) is 4.79 Å². The van der Waals surface area contributed by atoms with Gasteiger partial charge in [0.25, 0.3) is 0 Å². The van der Waals surface area contributed by atoms with Crippen LogP contribution < -0.4 is 5.73 Å². The molecule has 0 saturated heterocycles. The number of rotatable bonds is 5. The Balaban J connectivity index is 1.47. The molecule has 0 unspecified atom stereocenters. The zero-order valence-electron chi connectivity index (χ0n) is 19.1. The number of hydrogen-bond donors (Lipinski definition) is 2. The first-order chi connectivity index (χ1) is 14.1. The molecular weight excluding hydrogens is 378 g/mol. The van der Waals surface area contributed by atoms with Gasteiger partial charge in [-0.1, -0.05) is 20.8 Å². The number of primary amides is 1. The lowest BCUT2D eigenvalue weighted by atomic mass is 9.44. The highest BCUT2D eigenvalue weighted by Crippen LogP contribution is 2.68. The molecule has 1 amide bonds. The summed E-state index contributed by atoms with van der Waals surface area (Å²) in [6.45, 7) is 7.36. The fourth-order valence-electron chi connectivity index (χ4n) is 9.02. The van der Waals surface area contributed by atoms with E-state index in [-0.39, 0.29) is 6.10 Å². The monoisotopic (exact) mass is 419 g/mol. The third-order valence-corrected chi connectivity index (χ3v) is 10.5. The van der Waals surface area contributed by atoms with Gasteiger partial charge in [-0.05, 0) is 111 Å². The number of hydrogen-bond acceptors (Lipinski definition) is 3. The molecule has 30 heavy (non-hydrogen) atoms. The summed E-state index contributed by atoms with van der Waals surface area (Å²) in [6.07, 6.45) is 11.4. The molecule has 0 radical (unpaired) electrons. The van der Waals surface area contributed by atoms with Crippen LogP contribution >= 0.6 is 0 Å². The zero-order chi connectivity index (χ0) is 21.7. The average molecular weight is 420 g/mol. The maximum Gasteiger partial charge on any atom is 0.404 e. The number of aliphatic carboxylic acids is 1. The first-order valence-electron chi connectivity index (χ1n) is 12.3. The minimum absolute atomic E-state index is 0.0110. The molecule has 3 N–H and O–H groups in total. The highest BCUT2D eigenvalue weighted by atomic mass is 16.6. The van der Waals surface area contributed by atoms with Crippen molar-refractivity contribution in [3.8, 4) is 0 Å². The topological polar surface area (TPSA) is 89.6 Å². The number of nitrogens with two attached hydrogens (primary N) is 1. The summed E-state index contributed by atoms with van der Waals surface area (Å²) in [5, 5.41) is 9.13. The SMILES string of the molecule is C[C@H](CCC(=O)O)[C@H]1CC[C@H]2[C@@H]3CC[C@@H]4C[C@H](OC(N)=O)CC[C@]4(C)[C@H]3CC[C@]12C. The summed E-state index contributed by atoms with van der Waals surface area (Å²) in [4.78, 5) is 22.3. The molecule has 170 valence electrons. The van der Waals surface area contributed by atoms with Crippen molar-refractivity contribution in [2.75, 3.05) is 0 Å². The first kappa shape index (κ1) is 22.0. The van der Waals surface area contributed by atoms with Crippen molar-refractivity contribution in [1.82, 2.24) is 0 Å². The van der Waals surface area contributed by atoms with Crippen molar-refractivity contribution in [3.63, 3.8) is 0 Å². The fraction of sp³-hybridized carbons (Fsp3) is 0.920. The molecule has 0 heterocycles. The van der Waals surface area contributed by atoms with Gasteiger partial charge in [-0.2, -0.15) is 0 Å². The Bertz CT molecular complexity index is 680. The highest BCUT2D eigenvalue weighted by molar-refractivity contribution is 5.66. The molecule has 4 saturated carbocycles. The Morgan fingerprint density at radius 1 is 1.03 bits per heavy atom. The minimum Gasteiger partial charge on any atom is -0.481 e. The largest absolute Gasteiger partial charge is 0.481 e. The van der Waals surface area contributed by atoms with Crippen LogP contribution in [0.3, 0.4) is 0 Å². The van der Waals surface area contributed by atoms with Crippen molar-refractivity contribution in [3.05, 3.63) is 0 Å². The molecule has 0 aromatic heterocycles. The lowest BCUT2D eigenvalue weighted by molar-refractivity contribution is -0.138. The number of carboxylic acids is 1. The van der Waals surface area contributed by atoms with E-state index in [1.54, 1.807) is 0 Å². The number of ether oxygens (including phenoxy) is 1. The van der Waals surface area contributed by atoms with Gasteiger partial charge in [0.1, 0.15) is 6.10 Å². The van der Waals surface area contributed by atoms with Crippen LogP contribution in [-0.2, 0) is 9.53 Å². The lowest BCUT2D eigenvalue weighted by Gasteiger charge is -2.61. The fourth-order valence-corrected chi connectivity index (χ4v) is 9.02. The molecule has 9 atom stereocenters. The Hall–Kier alpha value is -1.26. The second-order valence-electron chi connectivity index (χ2n) is 11.6. The van der Waals surface area contributed by atoms with E-state index in [2.05, 4.69) is 20.8 Å². The number of amides is 1. The second-order valence-corrected chi connectivity index (χ2v) is 11.6. The standard InChI is InChI=1S/C25H41NO4/c1-15(4-9-22(27)28)19-7-8-20-18-6-5-16-14-17(30-23(26)29)10-12-24(16,2)21(18)11-13-25(19,20)3/h15-21H,4-14H2,1-3H3,(H2,26,29)(H,27,28)/t15-,16-,17-,18+,19-,20+,21+,24+,25-/m1/s1. The predicted octanol–water partition coefficient (Wildman–Crippen LogP) is 5.61. The van der Waals surface area contributed by atoms with Crippen molar-refractivity contribution < 1.29 is 19.4 Å². The van der Waals surface area contributed by atoms with Crippen molar-refractivity contribution in [2.24, 2.45) is 52.1 Å². The van der Waals surface area contributed by atoms with Gasteiger partial charge in [0.15, 0.2) is 0 Å². The zero-order valence-corrected chi connectivity index (χ0v) is 19.1. The maximum absolute atomic E-state index is 11.2. The van der Waals surface area contributed by atoms with E-state index in [0.717, 1.165) is 43.4 Å². The molecule has 4 rings (SSSR count). The summed E-state index contributed by atoms with van der Waals surface area (Å²) in [5.74, 6) is 3.56. The number of carbonyl (C=O) groups excluding carboxylic acids is 1. The van der Waals surface area contributed by atoms with Crippen molar-refractivity contribution in [1.29, 1.82) is 0 Å². The van der Waals surface area contributed by atoms with Crippen LogP contribution in [0.5, 0.6) is 0 Å². The van der Waals surface area contributed by atoms with Crippen LogP contribution in [0.1, 0.15) is 91.4 Å². The van der Waals surface area contributed by atoms with Gasteiger partial charge in [-0.3, -0.25) is 4.79 Å². The molecule has 5 heteroatoms. The summed E-state index contributed by atoms with van der Waals surface area (Å²) in [5.41, 5.74) is 6.04. The summed E-state index contributed by atoms with van der Waals surface area (Å²) in [7, 11) is 0. The Morgan fingerprint density at radius 3 is 2.43 bits per heavy atom. The molecule has 0 aromatic rings. The van der Waals surface area contributed by atoms with Gasteiger partial charge in [-0.25, -0.2) is 4.79 Å². The van der Waals surface area contributed by atoms with E-state index in [1.807, 2.05) is 0 Å². The smallest absolute Gasteiger partial charge is 0.404 e. The Kier molecular flexibility index (Phi) is 5.87. The van der Waals surface area contributed by atoms with Gasteiger partial charge in [-0.15, -0.1) is 0 Å². The first-order valence-corrected chi connectivity index (χ1v) is 12.3. The Morgan fingerprint density at radius 2 is 1.73 bits per heavy atom. The minimum atomic E-state index is -0.660. The van der Waals surface area contributed by atoms with Crippen LogP contribution in [0, 0.1) is 46.3 Å². The number of fused-ring (bicyclic) bond motifs is 5. The molecule has 4 aliphatic rings. The Labute approximate surface area is 181 Å². The molecule has 5 nitrogen and oxygen atoms in total. The van der Waals surface area contributed by atoms with E-state index >= 15 is 0 Å². The summed E-state index contributed by atoms with van der Waals surface area (Å²) < 4.78 is 5.38. The van der Waals surface area contributed by atoms with Crippen LogP contribution in [-0.4, -0.2) is 23.3 Å². The van der Waals surface area contributed by atoms with Gasteiger partial charge in [0.2, 0.25) is 0 Å². The lowest BCUT2D eigenvalue weighted by Crippen LogP contribution is -2.54. The quantitative estimate of drug-likeness (QED) is 0.606. The normalized spacial score (nSPS) is 46.2. The molecule has 0 bridgehead atoms. The molecule has 0 aliphatic heterocycles. The maximum atomic E-state index is 11.2. The van der Waals surface area contributed by atoms with Gasteiger partial charge in [0, 0.05) is 6.42 Å². The van der Waals surface area contributed by atoms with E-state index in [0.29, 0.717) is 35.0 Å². The predicted molar refractivity (Wildman–Crippen MR) is 116 cm³/mol. The molecule has 4 aliphatic carbocycles. The van der Waals surface area contributed by atoms with Gasteiger partial charge >= 0.3 is 12.1 Å². The number of carbonyl (C=O) groups is 2. The van der Waals surface area contributed by atoms with E-state index in [1.165, 1.54) is 38.5 Å². The van der Waals surface area contributed by atoms with E-state index < -0.39 is 12.1 Å². The average Bonchev–Trinajstić information content (AvgIpc) is 3.03. The molecule has 0 spiro atoms. The highest BCUT2D eigenvalue weighted by Gasteiger charge is 2.60.